The second-order valence-corrected chi connectivity index (χ2v) is 2.84. The molecule has 15 heavy (non-hydrogen) atoms. The topological polar surface area (TPSA) is 71.5 Å². The Morgan fingerprint density at radius 3 is 2.33 bits per heavy atom. The fourth-order valence-electron chi connectivity index (χ4n) is 0.987. The van der Waals surface area contributed by atoms with Gasteiger partial charge in [-0.3, -0.25) is 0 Å². The number of nitrogens with zero attached hydrogens (tertiary/aromatic N) is 3. The van der Waals surface area contributed by atoms with E-state index in [9.17, 15) is 0 Å². The monoisotopic (exact) mass is 204 g/mol. The zero-order valence-corrected chi connectivity index (χ0v) is 8.64. The number of nitrogens with one attached hydrogen (secondary N) is 1. The third kappa shape index (κ3) is 3.30. The van der Waals surface area contributed by atoms with Gasteiger partial charge in [0.1, 0.15) is 6.29 Å². The van der Waals surface area contributed by atoms with Crippen LogP contribution < -0.4 is 0 Å². The van der Waals surface area contributed by atoms with Gasteiger partial charge in [-0.15, -0.1) is 10.2 Å². The Bertz CT molecular complexity index is 394. The number of aromatic amines is 1. The number of hydrogen-bond donors (Lipinski definition) is 1. The summed E-state index contributed by atoms with van der Waals surface area (Å²) in [7, 11) is 0. The van der Waals surface area contributed by atoms with Crippen LogP contribution in [0.15, 0.2) is 24.3 Å². The zero-order valence-electron chi connectivity index (χ0n) is 8.64. The minimum atomic E-state index is 0.634. The molecule has 0 unspecified atom stereocenters. The van der Waals surface area contributed by atoms with Gasteiger partial charge < -0.3 is 4.79 Å². The molecule has 5 heteroatoms. The SMILES string of the molecule is CC=O.Cc1ccc(-c2nn[nH]n2)cc1. The Labute approximate surface area is 87.5 Å². The standard InChI is InChI=1S/C8H8N4.C2H4O/c1-6-2-4-7(5-3-6)8-9-11-12-10-8;1-2-3/h2-5H,1H3,(H,9,10,11,12);2H,1H3. The Kier molecular flexibility index (Phi) is 4.15. The summed E-state index contributed by atoms with van der Waals surface area (Å²) < 4.78 is 0. The average molecular weight is 204 g/mol. The summed E-state index contributed by atoms with van der Waals surface area (Å²) >= 11 is 0. The number of hydrogen-bond acceptors (Lipinski definition) is 4. The molecule has 2 rings (SSSR count). The number of carbonyl (C=O) groups is 1. The van der Waals surface area contributed by atoms with E-state index in [1.807, 2.05) is 31.2 Å². The summed E-state index contributed by atoms with van der Waals surface area (Å²) in [6.45, 7) is 3.49. The largest absolute Gasteiger partial charge is 0.304 e. The Balaban J connectivity index is 0.000000337. The Hall–Kier alpha value is -2.04. The predicted octanol–water partition coefficient (Wildman–Crippen LogP) is 1.38. The molecule has 5 nitrogen and oxygen atoms in total. The quantitative estimate of drug-likeness (QED) is 0.712. The molecule has 1 N–H and O–H groups in total. The molecule has 0 aliphatic rings. The van der Waals surface area contributed by atoms with Gasteiger partial charge in [-0.1, -0.05) is 29.8 Å². The predicted molar refractivity (Wildman–Crippen MR) is 56.1 cm³/mol. The van der Waals surface area contributed by atoms with Crippen molar-refractivity contribution >= 4 is 6.29 Å². The van der Waals surface area contributed by atoms with E-state index in [1.165, 1.54) is 12.5 Å². The summed E-state index contributed by atoms with van der Waals surface area (Å²) in [6.07, 6.45) is 0.750. The minimum absolute atomic E-state index is 0.634. The molecular weight excluding hydrogens is 192 g/mol. The second kappa shape index (κ2) is 5.64. The van der Waals surface area contributed by atoms with Gasteiger partial charge in [0.25, 0.3) is 0 Å². The van der Waals surface area contributed by atoms with Gasteiger partial charge in [0.2, 0.25) is 5.82 Å². The molecule has 2 aromatic rings. The molecule has 0 aliphatic carbocycles. The summed E-state index contributed by atoms with van der Waals surface area (Å²) in [4.78, 5) is 8.81. The molecule has 0 fully saturated rings. The Morgan fingerprint density at radius 2 is 1.87 bits per heavy atom. The van der Waals surface area contributed by atoms with Crippen molar-refractivity contribution in [1.82, 2.24) is 20.6 Å². The molecular formula is C10H12N4O. The maximum absolute atomic E-state index is 8.81. The number of aldehydes is 1. The van der Waals surface area contributed by atoms with E-state index >= 15 is 0 Å². The average Bonchev–Trinajstić information content (AvgIpc) is 2.73. The van der Waals surface area contributed by atoms with Crippen LogP contribution >= 0.6 is 0 Å². The number of aryl methyl sites for hydroxylation is 1. The lowest BCUT2D eigenvalue weighted by Crippen LogP contribution is -1.80. The van der Waals surface area contributed by atoms with Crippen LogP contribution in [0.25, 0.3) is 11.4 Å². The molecule has 0 amide bonds. The highest BCUT2D eigenvalue weighted by atomic mass is 16.1. The lowest BCUT2D eigenvalue weighted by molar-refractivity contribution is -0.106. The highest BCUT2D eigenvalue weighted by molar-refractivity contribution is 5.53. The first-order valence-electron chi connectivity index (χ1n) is 4.48. The third-order valence-electron chi connectivity index (χ3n) is 1.66. The van der Waals surface area contributed by atoms with E-state index in [1.54, 1.807) is 0 Å². The first-order valence-corrected chi connectivity index (χ1v) is 4.48. The van der Waals surface area contributed by atoms with Crippen LogP contribution in [0, 0.1) is 6.92 Å². The van der Waals surface area contributed by atoms with Crippen molar-refractivity contribution in [3.8, 4) is 11.4 Å². The van der Waals surface area contributed by atoms with Crippen LogP contribution in [-0.2, 0) is 4.79 Å². The molecule has 0 bridgehead atoms. The molecule has 0 radical (unpaired) electrons. The van der Waals surface area contributed by atoms with Gasteiger partial charge in [-0.2, -0.15) is 5.21 Å². The fraction of sp³-hybridized carbons (Fsp3) is 0.200. The minimum Gasteiger partial charge on any atom is -0.304 e. The fourth-order valence-corrected chi connectivity index (χ4v) is 0.987. The summed E-state index contributed by atoms with van der Waals surface area (Å²) in [5.41, 5.74) is 2.21. The molecule has 0 aliphatic heterocycles. The number of tetrazole rings is 1. The number of H-pyrrole nitrogens is 1. The normalized spacial score (nSPS) is 8.93. The van der Waals surface area contributed by atoms with Crippen LogP contribution in [0.1, 0.15) is 12.5 Å². The van der Waals surface area contributed by atoms with Crippen molar-refractivity contribution in [2.45, 2.75) is 13.8 Å². The van der Waals surface area contributed by atoms with Crippen molar-refractivity contribution in [3.63, 3.8) is 0 Å². The highest BCUT2D eigenvalue weighted by Crippen LogP contribution is 2.12. The number of aromatic nitrogens is 4. The van der Waals surface area contributed by atoms with Gasteiger partial charge in [-0.05, 0) is 19.1 Å². The summed E-state index contributed by atoms with van der Waals surface area (Å²) in [5.74, 6) is 0.634. The molecule has 0 spiro atoms. The molecule has 1 heterocycles. The van der Waals surface area contributed by atoms with Gasteiger partial charge in [0, 0.05) is 5.56 Å². The van der Waals surface area contributed by atoms with Crippen LogP contribution in [0.4, 0.5) is 0 Å². The Morgan fingerprint density at radius 1 is 1.27 bits per heavy atom. The van der Waals surface area contributed by atoms with Crippen molar-refractivity contribution in [1.29, 1.82) is 0 Å². The van der Waals surface area contributed by atoms with Crippen LogP contribution in [-0.4, -0.2) is 26.9 Å². The molecule has 0 saturated heterocycles. The molecule has 1 aromatic heterocycles. The maximum Gasteiger partial charge on any atom is 0.204 e. The summed E-state index contributed by atoms with van der Waals surface area (Å²) in [5, 5.41) is 13.6. The van der Waals surface area contributed by atoms with Crippen LogP contribution in [0.3, 0.4) is 0 Å². The van der Waals surface area contributed by atoms with E-state index in [0.717, 1.165) is 11.8 Å². The third-order valence-corrected chi connectivity index (χ3v) is 1.66. The number of carbonyl (C=O) groups excluding carboxylic acids is 1. The number of rotatable bonds is 1. The summed E-state index contributed by atoms with van der Waals surface area (Å²) in [6, 6.07) is 7.98. The van der Waals surface area contributed by atoms with E-state index < -0.39 is 0 Å². The highest BCUT2D eigenvalue weighted by Gasteiger charge is 1.99. The lowest BCUT2D eigenvalue weighted by atomic mass is 10.1. The first kappa shape index (κ1) is 11.0. The molecule has 0 atom stereocenters. The van der Waals surface area contributed by atoms with E-state index in [0.29, 0.717) is 5.82 Å². The van der Waals surface area contributed by atoms with E-state index in [-0.39, 0.29) is 0 Å². The van der Waals surface area contributed by atoms with Crippen molar-refractivity contribution < 1.29 is 4.79 Å². The van der Waals surface area contributed by atoms with E-state index in [4.69, 9.17) is 4.79 Å². The molecule has 1 aromatic carbocycles. The van der Waals surface area contributed by atoms with Crippen LogP contribution in [0.5, 0.6) is 0 Å². The van der Waals surface area contributed by atoms with Crippen molar-refractivity contribution in [2.75, 3.05) is 0 Å². The van der Waals surface area contributed by atoms with Gasteiger partial charge >= 0.3 is 0 Å². The second-order valence-electron chi connectivity index (χ2n) is 2.84. The first-order chi connectivity index (χ1) is 7.27. The van der Waals surface area contributed by atoms with E-state index in [2.05, 4.69) is 20.6 Å². The maximum atomic E-state index is 8.81. The molecule has 0 saturated carbocycles. The van der Waals surface area contributed by atoms with Crippen molar-refractivity contribution in [2.24, 2.45) is 0 Å². The van der Waals surface area contributed by atoms with Crippen LogP contribution in [0.2, 0.25) is 0 Å². The van der Waals surface area contributed by atoms with Gasteiger partial charge in [0.15, 0.2) is 0 Å². The lowest BCUT2D eigenvalue weighted by Gasteiger charge is -1.93. The molecule has 78 valence electrons. The zero-order chi connectivity index (χ0) is 11.1. The van der Waals surface area contributed by atoms with Crippen molar-refractivity contribution in [3.05, 3.63) is 29.8 Å². The van der Waals surface area contributed by atoms with Gasteiger partial charge in [-0.25, -0.2) is 0 Å². The number of benzene rings is 1. The van der Waals surface area contributed by atoms with Gasteiger partial charge in [0.05, 0.1) is 0 Å². The smallest absolute Gasteiger partial charge is 0.204 e.